The molecule has 0 saturated carbocycles. The summed E-state index contributed by atoms with van der Waals surface area (Å²) in [6.45, 7) is 6.53. The molecule has 0 spiro atoms. The lowest BCUT2D eigenvalue weighted by molar-refractivity contribution is -0.117. The molecule has 2 aromatic carbocycles. The van der Waals surface area contributed by atoms with Gasteiger partial charge in [-0.05, 0) is 67.2 Å². The number of nitrogens with zero attached hydrogens (tertiary/aromatic N) is 1. The third kappa shape index (κ3) is 5.52. The Kier molecular flexibility index (Phi) is 7.03. The quantitative estimate of drug-likeness (QED) is 0.595. The van der Waals surface area contributed by atoms with E-state index in [9.17, 15) is 4.79 Å². The zero-order valence-electron chi connectivity index (χ0n) is 16.3. The molecule has 0 bridgehead atoms. The Balaban J connectivity index is 1.58. The number of nitrogens with one attached hydrogen (secondary N) is 1. The summed E-state index contributed by atoms with van der Waals surface area (Å²) in [6, 6.07) is 13.6. The number of anilines is 1. The Morgan fingerprint density at radius 1 is 1.21 bits per heavy atom. The van der Waals surface area contributed by atoms with Crippen LogP contribution in [0.15, 0.2) is 48.5 Å². The first-order valence-electron chi connectivity index (χ1n) is 9.71. The van der Waals surface area contributed by atoms with Crippen LogP contribution in [0.25, 0.3) is 6.08 Å². The predicted molar refractivity (Wildman–Crippen MR) is 119 cm³/mol. The van der Waals surface area contributed by atoms with Crippen LogP contribution in [0.4, 0.5) is 5.69 Å². The van der Waals surface area contributed by atoms with Gasteiger partial charge in [-0.15, -0.1) is 0 Å². The summed E-state index contributed by atoms with van der Waals surface area (Å²) in [6.07, 6.45) is 5.75. The lowest BCUT2D eigenvalue weighted by atomic mass is 9.99. The number of amides is 1. The second-order valence-corrected chi connectivity index (χ2v) is 8.36. The molecule has 28 heavy (non-hydrogen) atoms. The minimum absolute atomic E-state index is 0.0767. The predicted octanol–water partition coefficient (Wildman–Crippen LogP) is 6.12. The number of carbonyl (C=O) groups is 1. The van der Waals surface area contributed by atoms with E-state index in [1.54, 1.807) is 24.3 Å². The fourth-order valence-electron chi connectivity index (χ4n) is 3.54. The number of piperidine rings is 1. The molecule has 0 radical (unpaired) electrons. The highest BCUT2D eigenvalue weighted by Crippen LogP contribution is 2.25. The SMILES string of the molecule is C[C@@H]1CCCN(c2ccc([C@@H](C)NC(=O)/C=C/c3ccc(Cl)cc3Cl)cc2)C1. The van der Waals surface area contributed by atoms with Gasteiger partial charge in [0.15, 0.2) is 0 Å². The molecule has 1 N–H and O–H groups in total. The van der Waals surface area contributed by atoms with E-state index in [1.165, 1.54) is 24.6 Å². The summed E-state index contributed by atoms with van der Waals surface area (Å²) in [4.78, 5) is 14.7. The van der Waals surface area contributed by atoms with E-state index in [0.717, 1.165) is 30.1 Å². The van der Waals surface area contributed by atoms with Gasteiger partial charge in [0.05, 0.1) is 6.04 Å². The van der Waals surface area contributed by atoms with E-state index in [2.05, 4.69) is 41.4 Å². The van der Waals surface area contributed by atoms with Crippen LogP contribution in [0.2, 0.25) is 10.0 Å². The van der Waals surface area contributed by atoms with Crippen molar-refractivity contribution in [1.29, 1.82) is 0 Å². The molecule has 0 aromatic heterocycles. The number of benzene rings is 2. The molecule has 3 nitrogen and oxygen atoms in total. The molecule has 0 unspecified atom stereocenters. The normalized spacial score (nSPS) is 18.3. The van der Waals surface area contributed by atoms with Crippen LogP contribution in [-0.4, -0.2) is 19.0 Å². The van der Waals surface area contributed by atoms with Crippen LogP contribution >= 0.6 is 23.2 Å². The summed E-state index contributed by atoms with van der Waals surface area (Å²) in [5, 5.41) is 4.09. The van der Waals surface area contributed by atoms with Crippen molar-refractivity contribution < 1.29 is 4.79 Å². The minimum Gasteiger partial charge on any atom is -0.371 e. The molecule has 148 valence electrons. The van der Waals surface area contributed by atoms with Gasteiger partial charge in [-0.25, -0.2) is 0 Å². The molecule has 2 atom stereocenters. The Morgan fingerprint density at radius 3 is 2.64 bits per heavy atom. The van der Waals surface area contributed by atoms with Crippen molar-refractivity contribution in [2.75, 3.05) is 18.0 Å². The van der Waals surface area contributed by atoms with E-state index in [-0.39, 0.29) is 11.9 Å². The Hall–Kier alpha value is -1.97. The second-order valence-electron chi connectivity index (χ2n) is 7.51. The van der Waals surface area contributed by atoms with E-state index in [0.29, 0.717) is 10.0 Å². The van der Waals surface area contributed by atoms with Crippen molar-refractivity contribution in [2.45, 2.75) is 32.7 Å². The maximum Gasteiger partial charge on any atom is 0.244 e. The summed E-state index contributed by atoms with van der Waals surface area (Å²) >= 11 is 12.0. The van der Waals surface area contributed by atoms with Gasteiger partial charge in [0.1, 0.15) is 0 Å². The van der Waals surface area contributed by atoms with Gasteiger partial charge < -0.3 is 10.2 Å². The van der Waals surface area contributed by atoms with Crippen molar-refractivity contribution in [2.24, 2.45) is 5.92 Å². The van der Waals surface area contributed by atoms with Crippen LogP contribution < -0.4 is 10.2 Å². The average Bonchev–Trinajstić information content (AvgIpc) is 2.67. The standard InChI is InChI=1S/C23H26Cl2N2O/c1-16-4-3-13-27(15-16)21-10-6-18(7-11-21)17(2)26-23(28)12-8-19-5-9-20(24)14-22(19)25/h5-12,14,16-17H,3-4,13,15H2,1-2H3,(H,26,28)/b12-8+/t16-,17-/m1/s1. The van der Waals surface area contributed by atoms with E-state index < -0.39 is 0 Å². The van der Waals surface area contributed by atoms with Gasteiger partial charge in [0.25, 0.3) is 0 Å². The number of hydrogen-bond acceptors (Lipinski definition) is 2. The lowest BCUT2D eigenvalue weighted by Crippen LogP contribution is -2.34. The summed E-state index contributed by atoms with van der Waals surface area (Å²) in [5.41, 5.74) is 3.10. The Labute approximate surface area is 177 Å². The Morgan fingerprint density at radius 2 is 1.96 bits per heavy atom. The van der Waals surface area contributed by atoms with Crippen molar-refractivity contribution >= 4 is 40.9 Å². The average molecular weight is 417 g/mol. The topological polar surface area (TPSA) is 32.3 Å². The summed E-state index contributed by atoms with van der Waals surface area (Å²) in [7, 11) is 0. The molecule has 1 heterocycles. The highest BCUT2D eigenvalue weighted by atomic mass is 35.5. The minimum atomic E-state index is -0.160. The number of rotatable bonds is 5. The zero-order valence-corrected chi connectivity index (χ0v) is 17.8. The van der Waals surface area contributed by atoms with Crippen molar-refractivity contribution in [3.05, 3.63) is 69.7 Å². The zero-order chi connectivity index (χ0) is 20.1. The van der Waals surface area contributed by atoms with Crippen LogP contribution in [0, 0.1) is 5.92 Å². The molecule has 3 rings (SSSR count). The van der Waals surface area contributed by atoms with E-state index >= 15 is 0 Å². The van der Waals surface area contributed by atoms with Crippen molar-refractivity contribution in [3.8, 4) is 0 Å². The Bertz CT molecular complexity index is 848. The molecule has 2 aromatic rings. The van der Waals surface area contributed by atoms with Gasteiger partial charge in [-0.1, -0.05) is 48.3 Å². The summed E-state index contributed by atoms with van der Waals surface area (Å²) in [5.74, 6) is 0.583. The molecule has 1 aliphatic heterocycles. The van der Waals surface area contributed by atoms with Crippen molar-refractivity contribution in [1.82, 2.24) is 5.32 Å². The molecule has 1 amide bonds. The van der Waals surface area contributed by atoms with Crippen LogP contribution in [0.1, 0.15) is 43.9 Å². The third-order valence-electron chi connectivity index (χ3n) is 5.15. The second kappa shape index (κ2) is 9.49. The molecule has 1 saturated heterocycles. The maximum absolute atomic E-state index is 12.3. The summed E-state index contributed by atoms with van der Waals surface area (Å²) < 4.78 is 0. The number of hydrogen-bond donors (Lipinski definition) is 1. The molecular formula is C23H26Cl2N2O. The fraction of sp³-hybridized carbons (Fsp3) is 0.348. The lowest BCUT2D eigenvalue weighted by Gasteiger charge is -2.33. The number of halogens is 2. The van der Waals surface area contributed by atoms with Crippen molar-refractivity contribution in [3.63, 3.8) is 0 Å². The van der Waals surface area contributed by atoms with Crippen LogP contribution in [0.5, 0.6) is 0 Å². The van der Waals surface area contributed by atoms with Gasteiger partial charge >= 0.3 is 0 Å². The van der Waals surface area contributed by atoms with E-state index in [1.807, 2.05) is 6.92 Å². The first kappa shape index (κ1) is 20.8. The van der Waals surface area contributed by atoms with Gasteiger partial charge in [-0.3, -0.25) is 4.79 Å². The molecular weight excluding hydrogens is 391 g/mol. The van der Waals surface area contributed by atoms with Crippen LogP contribution in [0.3, 0.4) is 0 Å². The maximum atomic E-state index is 12.3. The molecule has 1 fully saturated rings. The molecule has 5 heteroatoms. The molecule has 1 aliphatic rings. The first-order chi connectivity index (χ1) is 13.4. The highest BCUT2D eigenvalue weighted by Gasteiger charge is 2.17. The van der Waals surface area contributed by atoms with Gasteiger partial charge in [0.2, 0.25) is 5.91 Å². The van der Waals surface area contributed by atoms with Gasteiger partial charge in [0, 0.05) is 34.9 Å². The van der Waals surface area contributed by atoms with E-state index in [4.69, 9.17) is 23.2 Å². The van der Waals surface area contributed by atoms with Crippen LogP contribution in [-0.2, 0) is 4.79 Å². The smallest absolute Gasteiger partial charge is 0.244 e. The highest BCUT2D eigenvalue weighted by molar-refractivity contribution is 6.35. The molecule has 0 aliphatic carbocycles. The first-order valence-corrected chi connectivity index (χ1v) is 10.5. The number of carbonyl (C=O) groups excluding carboxylic acids is 1. The monoisotopic (exact) mass is 416 g/mol. The fourth-order valence-corrected chi connectivity index (χ4v) is 4.02. The van der Waals surface area contributed by atoms with Gasteiger partial charge in [-0.2, -0.15) is 0 Å². The third-order valence-corrected chi connectivity index (χ3v) is 5.71. The largest absolute Gasteiger partial charge is 0.371 e.